The Morgan fingerprint density at radius 2 is 1.84 bits per heavy atom. The monoisotopic (exact) mass is 257 g/mol. The minimum absolute atomic E-state index is 0.0627. The number of fused-ring (bicyclic) bond motifs is 1. The topological polar surface area (TPSA) is 42.4 Å². The molecule has 1 aromatic heterocycles. The van der Waals surface area contributed by atoms with E-state index in [-0.39, 0.29) is 12.2 Å². The minimum Gasteiger partial charge on any atom is -0.385 e. The average Bonchev–Trinajstić information content (AvgIpc) is 2.36. The van der Waals surface area contributed by atoms with Crippen LogP contribution in [0, 0.1) is 0 Å². The van der Waals surface area contributed by atoms with Crippen LogP contribution in [0.2, 0.25) is 0 Å². The lowest BCUT2D eigenvalue weighted by molar-refractivity contribution is -0.135. The normalized spacial score (nSPS) is 31.5. The Morgan fingerprint density at radius 1 is 1.16 bits per heavy atom. The molecule has 1 N–H and O–H groups in total. The van der Waals surface area contributed by atoms with E-state index in [1.54, 1.807) is 6.20 Å². The van der Waals surface area contributed by atoms with Crippen LogP contribution in [0.3, 0.4) is 0 Å². The third kappa shape index (κ3) is 2.24. The molecule has 0 bridgehead atoms. The van der Waals surface area contributed by atoms with Crippen molar-refractivity contribution >= 4 is 10.9 Å². The first-order valence-electron chi connectivity index (χ1n) is 6.80. The van der Waals surface area contributed by atoms with Crippen LogP contribution in [-0.4, -0.2) is 22.3 Å². The molecule has 1 aliphatic heterocycles. The van der Waals surface area contributed by atoms with Gasteiger partial charge in [0.05, 0.1) is 23.3 Å². The van der Waals surface area contributed by atoms with Gasteiger partial charge in [-0.3, -0.25) is 4.98 Å². The number of rotatable bonds is 1. The van der Waals surface area contributed by atoms with Crippen molar-refractivity contribution in [3.8, 4) is 0 Å². The highest BCUT2D eigenvalue weighted by molar-refractivity contribution is 5.82. The maximum atomic E-state index is 11.1. The molecule has 0 saturated carbocycles. The van der Waals surface area contributed by atoms with Gasteiger partial charge in [0, 0.05) is 30.0 Å². The van der Waals surface area contributed by atoms with Crippen LogP contribution >= 0.6 is 0 Å². The standard InChI is InChI=1S/C16H19NO2/c1-11-9-16(18,10-12(2)19-11)14-7-3-5-13-6-4-8-17-15(13)14/h3-8,11-12,18H,9-10H2,1-2H3. The molecule has 0 radical (unpaired) electrons. The Balaban J connectivity index is 2.12. The van der Waals surface area contributed by atoms with Crippen molar-refractivity contribution in [3.05, 3.63) is 42.1 Å². The molecule has 1 saturated heterocycles. The first-order valence-corrected chi connectivity index (χ1v) is 6.80. The summed E-state index contributed by atoms with van der Waals surface area (Å²) in [7, 11) is 0. The summed E-state index contributed by atoms with van der Waals surface area (Å²) in [6.07, 6.45) is 3.14. The Bertz CT molecular complexity index is 581. The number of pyridine rings is 1. The second kappa shape index (κ2) is 4.58. The van der Waals surface area contributed by atoms with E-state index < -0.39 is 5.60 Å². The highest BCUT2D eigenvalue weighted by Gasteiger charge is 2.39. The molecular formula is C16H19NO2. The summed E-state index contributed by atoms with van der Waals surface area (Å²) in [4.78, 5) is 4.45. The van der Waals surface area contributed by atoms with E-state index in [0.29, 0.717) is 12.8 Å². The van der Waals surface area contributed by atoms with E-state index in [1.807, 2.05) is 44.2 Å². The summed E-state index contributed by atoms with van der Waals surface area (Å²) >= 11 is 0. The Morgan fingerprint density at radius 3 is 2.58 bits per heavy atom. The van der Waals surface area contributed by atoms with Gasteiger partial charge in [0.1, 0.15) is 0 Å². The number of aliphatic hydroxyl groups is 1. The fourth-order valence-corrected chi connectivity index (χ4v) is 3.23. The lowest BCUT2D eigenvalue weighted by atomic mass is 9.81. The number of hydrogen-bond acceptors (Lipinski definition) is 3. The predicted octanol–water partition coefficient (Wildman–Crippen LogP) is 3.01. The second-order valence-corrected chi connectivity index (χ2v) is 5.58. The molecule has 0 amide bonds. The fraction of sp³-hybridized carbons (Fsp3) is 0.438. The fourth-order valence-electron chi connectivity index (χ4n) is 3.23. The number of hydrogen-bond donors (Lipinski definition) is 1. The number of aromatic nitrogens is 1. The molecular weight excluding hydrogens is 238 g/mol. The van der Waals surface area contributed by atoms with E-state index in [9.17, 15) is 5.11 Å². The number of para-hydroxylation sites is 1. The van der Waals surface area contributed by atoms with Crippen molar-refractivity contribution < 1.29 is 9.84 Å². The predicted molar refractivity (Wildman–Crippen MR) is 74.9 cm³/mol. The summed E-state index contributed by atoms with van der Waals surface area (Å²) in [6, 6.07) is 9.95. The van der Waals surface area contributed by atoms with Gasteiger partial charge in [-0.2, -0.15) is 0 Å². The molecule has 2 heterocycles. The zero-order chi connectivity index (χ0) is 13.5. The summed E-state index contributed by atoms with van der Waals surface area (Å²) in [5, 5.41) is 12.1. The molecule has 1 aliphatic rings. The van der Waals surface area contributed by atoms with Gasteiger partial charge in [0.25, 0.3) is 0 Å². The molecule has 3 nitrogen and oxygen atoms in total. The molecule has 0 aliphatic carbocycles. The van der Waals surface area contributed by atoms with Gasteiger partial charge in [0.15, 0.2) is 0 Å². The summed E-state index contributed by atoms with van der Waals surface area (Å²) in [5.41, 5.74) is 0.978. The molecule has 100 valence electrons. The number of ether oxygens (including phenoxy) is 1. The largest absolute Gasteiger partial charge is 0.385 e. The lowest BCUT2D eigenvalue weighted by Crippen LogP contribution is -2.41. The first-order chi connectivity index (χ1) is 9.08. The number of benzene rings is 1. The zero-order valence-corrected chi connectivity index (χ0v) is 11.3. The van der Waals surface area contributed by atoms with Crippen LogP contribution in [0.4, 0.5) is 0 Å². The van der Waals surface area contributed by atoms with Gasteiger partial charge in [0.2, 0.25) is 0 Å². The quantitative estimate of drug-likeness (QED) is 0.854. The maximum Gasteiger partial charge on any atom is 0.0966 e. The first kappa shape index (κ1) is 12.6. The Hall–Kier alpha value is -1.45. The zero-order valence-electron chi connectivity index (χ0n) is 11.3. The molecule has 1 fully saturated rings. The minimum atomic E-state index is -0.842. The lowest BCUT2D eigenvalue weighted by Gasteiger charge is -2.39. The van der Waals surface area contributed by atoms with Crippen LogP contribution in [0.1, 0.15) is 32.3 Å². The smallest absolute Gasteiger partial charge is 0.0966 e. The second-order valence-electron chi connectivity index (χ2n) is 5.58. The molecule has 2 aromatic rings. The van der Waals surface area contributed by atoms with Crippen LogP contribution in [0.15, 0.2) is 36.5 Å². The summed E-state index contributed by atoms with van der Waals surface area (Å²) in [5.74, 6) is 0. The van der Waals surface area contributed by atoms with E-state index in [2.05, 4.69) is 4.98 Å². The van der Waals surface area contributed by atoms with Crippen molar-refractivity contribution in [2.24, 2.45) is 0 Å². The van der Waals surface area contributed by atoms with E-state index in [4.69, 9.17) is 4.74 Å². The summed E-state index contributed by atoms with van der Waals surface area (Å²) < 4.78 is 5.73. The maximum absolute atomic E-state index is 11.1. The van der Waals surface area contributed by atoms with E-state index >= 15 is 0 Å². The molecule has 2 atom stereocenters. The van der Waals surface area contributed by atoms with Crippen molar-refractivity contribution in [2.45, 2.75) is 44.5 Å². The Kier molecular flexibility index (Phi) is 3.03. The SMILES string of the molecule is CC1CC(O)(c2cccc3cccnc23)CC(C)O1. The van der Waals surface area contributed by atoms with Crippen LogP contribution < -0.4 is 0 Å². The summed E-state index contributed by atoms with van der Waals surface area (Å²) in [6.45, 7) is 4.03. The van der Waals surface area contributed by atoms with Crippen molar-refractivity contribution in [1.29, 1.82) is 0 Å². The van der Waals surface area contributed by atoms with Crippen molar-refractivity contribution in [1.82, 2.24) is 4.98 Å². The average molecular weight is 257 g/mol. The van der Waals surface area contributed by atoms with Crippen molar-refractivity contribution in [3.63, 3.8) is 0 Å². The molecule has 19 heavy (non-hydrogen) atoms. The van der Waals surface area contributed by atoms with Gasteiger partial charge in [-0.1, -0.05) is 24.3 Å². The van der Waals surface area contributed by atoms with Gasteiger partial charge in [-0.15, -0.1) is 0 Å². The molecule has 2 unspecified atom stereocenters. The molecule has 1 aromatic carbocycles. The van der Waals surface area contributed by atoms with Gasteiger partial charge in [-0.05, 0) is 19.9 Å². The highest BCUT2D eigenvalue weighted by Crippen LogP contribution is 2.39. The van der Waals surface area contributed by atoms with E-state index in [1.165, 1.54) is 0 Å². The molecule has 3 rings (SSSR count). The third-order valence-electron chi connectivity index (χ3n) is 3.85. The van der Waals surface area contributed by atoms with Gasteiger partial charge in [-0.25, -0.2) is 0 Å². The van der Waals surface area contributed by atoms with Gasteiger partial charge < -0.3 is 9.84 Å². The van der Waals surface area contributed by atoms with Crippen LogP contribution in [-0.2, 0) is 10.3 Å². The Labute approximate surface area is 113 Å². The third-order valence-corrected chi connectivity index (χ3v) is 3.85. The highest BCUT2D eigenvalue weighted by atomic mass is 16.5. The van der Waals surface area contributed by atoms with E-state index in [0.717, 1.165) is 16.5 Å². The van der Waals surface area contributed by atoms with Crippen molar-refractivity contribution in [2.75, 3.05) is 0 Å². The van der Waals surface area contributed by atoms with Crippen LogP contribution in [0.5, 0.6) is 0 Å². The number of nitrogens with zero attached hydrogens (tertiary/aromatic N) is 1. The molecule has 3 heteroatoms. The van der Waals surface area contributed by atoms with Gasteiger partial charge >= 0.3 is 0 Å². The van der Waals surface area contributed by atoms with Crippen LogP contribution in [0.25, 0.3) is 10.9 Å². The molecule has 0 spiro atoms.